The molecular formula is C12H24N2. The Morgan fingerprint density at radius 2 is 1.79 bits per heavy atom. The molecule has 2 aliphatic rings. The Morgan fingerprint density at radius 3 is 2.36 bits per heavy atom. The lowest BCUT2D eigenvalue weighted by atomic mass is 9.86. The Balaban J connectivity index is 2.02. The molecule has 2 N–H and O–H groups in total. The fourth-order valence-electron chi connectivity index (χ4n) is 3.36. The second-order valence-electron chi connectivity index (χ2n) is 5.70. The lowest BCUT2D eigenvalue weighted by Crippen LogP contribution is -2.56. The van der Waals surface area contributed by atoms with Gasteiger partial charge in [-0.05, 0) is 39.5 Å². The summed E-state index contributed by atoms with van der Waals surface area (Å²) in [6.07, 6.45) is 8.06. The first-order valence-electron chi connectivity index (χ1n) is 6.12. The molecule has 1 unspecified atom stereocenters. The molecule has 0 aromatic carbocycles. The maximum atomic E-state index is 6.04. The van der Waals surface area contributed by atoms with Crippen LogP contribution in [-0.2, 0) is 0 Å². The third-order valence-corrected chi connectivity index (χ3v) is 4.05. The summed E-state index contributed by atoms with van der Waals surface area (Å²) in [5, 5.41) is 0. The van der Waals surface area contributed by atoms with Crippen LogP contribution in [0.3, 0.4) is 0 Å². The molecule has 0 aromatic rings. The summed E-state index contributed by atoms with van der Waals surface area (Å²) in [5.41, 5.74) is 6.38. The van der Waals surface area contributed by atoms with Crippen molar-refractivity contribution in [3.63, 3.8) is 0 Å². The van der Waals surface area contributed by atoms with Crippen LogP contribution in [0.5, 0.6) is 0 Å². The summed E-state index contributed by atoms with van der Waals surface area (Å²) in [6.45, 7) is 5.95. The van der Waals surface area contributed by atoms with E-state index in [1.807, 2.05) is 0 Å². The number of hydrogen-bond acceptors (Lipinski definition) is 2. The molecule has 2 nitrogen and oxygen atoms in total. The van der Waals surface area contributed by atoms with Crippen LogP contribution in [0.1, 0.15) is 52.4 Å². The van der Waals surface area contributed by atoms with E-state index in [9.17, 15) is 0 Å². The highest BCUT2D eigenvalue weighted by Crippen LogP contribution is 2.34. The molecule has 2 rings (SSSR count). The van der Waals surface area contributed by atoms with E-state index in [4.69, 9.17) is 5.73 Å². The fraction of sp³-hybridized carbons (Fsp3) is 1.00. The number of likely N-dealkylation sites (tertiary alicyclic amines) is 1. The van der Waals surface area contributed by atoms with Crippen LogP contribution >= 0.6 is 0 Å². The highest BCUT2D eigenvalue weighted by molar-refractivity contribution is 4.95. The first kappa shape index (κ1) is 10.4. The minimum absolute atomic E-state index is 0.340. The third kappa shape index (κ3) is 1.96. The van der Waals surface area contributed by atoms with Crippen LogP contribution < -0.4 is 5.73 Å². The lowest BCUT2D eigenvalue weighted by molar-refractivity contribution is 0.0275. The maximum Gasteiger partial charge on any atom is 0.0170 e. The van der Waals surface area contributed by atoms with Crippen molar-refractivity contribution in [2.45, 2.75) is 70.0 Å². The Kier molecular flexibility index (Phi) is 2.85. The number of nitrogens with two attached hydrogens (primary N) is 1. The SMILES string of the molecule is CC1(C)CC(N)CCN1C1CCCC1. The van der Waals surface area contributed by atoms with Gasteiger partial charge in [0.05, 0.1) is 0 Å². The van der Waals surface area contributed by atoms with E-state index in [1.165, 1.54) is 45.1 Å². The van der Waals surface area contributed by atoms with E-state index >= 15 is 0 Å². The van der Waals surface area contributed by atoms with Gasteiger partial charge < -0.3 is 5.73 Å². The predicted molar refractivity (Wildman–Crippen MR) is 60.3 cm³/mol. The van der Waals surface area contributed by atoms with Crippen LogP contribution in [0.25, 0.3) is 0 Å². The van der Waals surface area contributed by atoms with Crippen molar-refractivity contribution >= 4 is 0 Å². The Bertz CT molecular complexity index is 194. The molecule has 0 spiro atoms. The molecule has 2 fully saturated rings. The van der Waals surface area contributed by atoms with E-state index in [1.54, 1.807) is 0 Å². The van der Waals surface area contributed by atoms with Crippen molar-refractivity contribution in [3.8, 4) is 0 Å². The van der Waals surface area contributed by atoms with Gasteiger partial charge >= 0.3 is 0 Å². The monoisotopic (exact) mass is 196 g/mol. The fourth-order valence-corrected chi connectivity index (χ4v) is 3.36. The second-order valence-corrected chi connectivity index (χ2v) is 5.70. The van der Waals surface area contributed by atoms with Crippen LogP contribution in [-0.4, -0.2) is 29.1 Å². The molecule has 0 bridgehead atoms. The van der Waals surface area contributed by atoms with Gasteiger partial charge in [0, 0.05) is 24.2 Å². The summed E-state index contributed by atoms with van der Waals surface area (Å²) in [4.78, 5) is 2.73. The van der Waals surface area contributed by atoms with Crippen LogP contribution in [0.2, 0.25) is 0 Å². The largest absolute Gasteiger partial charge is 0.328 e. The van der Waals surface area contributed by atoms with Crippen LogP contribution in [0.4, 0.5) is 0 Å². The van der Waals surface area contributed by atoms with Gasteiger partial charge in [-0.3, -0.25) is 4.90 Å². The first-order chi connectivity index (χ1) is 6.59. The smallest absolute Gasteiger partial charge is 0.0170 e. The normalized spacial score (nSPS) is 34.9. The number of piperidine rings is 1. The summed E-state index contributed by atoms with van der Waals surface area (Å²) >= 11 is 0. The Morgan fingerprint density at radius 1 is 1.14 bits per heavy atom. The number of rotatable bonds is 1. The van der Waals surface area contributed by atoms with Crippen LogP contribution in [0.15, 0.2) is 0 Å². The third-order valence-electron chi connectivity index (χ3n) is 4.05. The lowest BCUT2D eigenvalue weighted by Gasteiger charge is -2.48. The van der Waals surface area contributed by atoms with Gasteiger partial charge in [0.1, 0.15) is 0 Å². The van der Waals surface area contributed by atoms with Gasteiger partial charge in [-0.1, -0.05) is 12.8 Å². The van der Waals surface area contributed by atoms with E-state index in [0.29, 0.717) is 11.6 Å². The number of nitrogens with zero attached hydrogens (tertiary/aromatic N) is 1. The molecule has 14 heavy (non-hydrogen) atoms. The molecule has 1 aliphatic carbocycles. The average Bonchev–Trinajstić information content (AvgIpc) is 2.54. The minimum atomic E-state index is 0.340. The van der Waals surface area contributed by atoms with Gasteiger partial charge in [-0.2, -0.15) is 0 Å². The summed E-state index contributed by atoms with van der Waals surface area (Å²) in [5.74, 6) is 0. The molecule has 2 heteroatoms. The first-order valence-corrected chi connectivity index (χ1v) is 6.12. The summed E-state index contributed by atoms with van der Waals surface area (Å²) < 4.78 is 0. The van der Waals surface area contributed by atoms with Crippen LogP contribution in [0, 0.1) is 0 Å². The van der Waals surface area contributed by atoms with Crippen molar-refractivity contribution in [1.29, 1.82) is 0 Å². The van der Waals surface area contributed by atoms with Crippen molar-refractivity contribution in [1.82, 2.24) is 4.90 Å². The molecular weight excluding hydrogens is 172 g/mol. The van der Waals surface area contributed by atoms with E-state index in [0.717, 1.165) is 6.04 Å². The van der Waals surface area contributed by atoms with Crippen molar-refractivity contribution in [3.05, 3.63) is 0 Å². The Labute approximate surface area is 87.8 Å². The summed E-state index contributed by atoms with van der Waals surface area (Å²) in [7, 11) is 0. The molecule has 0 amide bonds. The zero-order valence-electron chi connectivity index (χ0n) is 9.63. The topological polar surface area (TPSA) is 29.3 Å². The van der Waals surface area contributed by atoms with E-state index in [2.05, 4.69) is 18.7 Å². The molecule has 1 heterocycles. The molecule has 0 radical (unpaired) electrons. The predicted octanol–water partition coefficient (Wildman–Crippen LogP) is 2.13. The van der Waals surface area contributed by atoms with E-state index < -0.39 is 0 Å². The molecule has 1 atom stereocenters. The maximum absolute atomic E-state index is 6.04. The molecule has 1 aliphatic heterocycles. The standard InChI is InChI=1S/C12H24N2/c1-12(2)9-10(13)7-8-14(12)11-5-3-4-6-11/h10-11H,3-9,13H2,1-2H3. The molecule has 1 saturated carbocycles. The van der Waals surface area contributed by atoms with Gasteiger partial charge in [0.25, 0.3) is 0 Å². The highest BCUT2D eigenvalue weighted by atomic mass is 15.2. The minimum Gasteiger partial charge on any atom is -0.328 e. The van der Waals surface area contributed by atoms with E-state index in [-0.39, 0.29) is 0 Å². The molecule has 82 valence electrons. The Hall–Kier alpha value is -0.0800. The van der Waals surface area contributed by atoms with Gasteiger partial charge in [-0.15, -0.1) is 0 Å². The highest BCUT2D eigenvalue weighted by Gasteiger charge is 2.38. The van der Waals surface area contributed by atoms with Crippen molar-refractivity contribution in [2.75, 3.05) is 6.54 Å². The number of hydrogen-bond donors (Lipinski definition) is 1. The van der Waals surface area contributed by atoms with Crippen molar-refractivity contribution < 1.29 is 0 Å². The molecule has 0 aromatic heterocycles. The average molecular weight is 196 g/mol. The quantitative estimate of drug-likeness (QED) is 0.696. The van der Waals surface area contributed by atoms with Gasteiger partial charge in [0.15, 0.2) is 0 Å². The molecule has 1 saturated heterocycles. The van der Waals surface area contributed by atoms with Crippen molar-refractivity contribution in [2.24, 2.45) is 5.73 Å². The zero-order valence-corrected chi connectivity index (χ0v) is 9.63. The zero-order chi connectivity index (χ0) is 10.2. The second kappa shape index (κ2) is 3.82. The summed E-state index contributed by atoms with van der Waals surface area (Å²) in [6, 6.07) is 1.29. The van der Waals surface area contributed by atoms with Gasteiger partial charge in [-0.25, -0.2) is 0 Å². The van der Waals surface area contributed by atoms with Gasteiger partial charge in [0.2, 0.25) is 0 Å².